The summed E-state index contributed by atoms with van der Waals surface area (Å²) in [6, 6.07) is 10.1. The minimum absolute atomic E-state index is 0.229. The van der Waals surface area contributed by atoms with Crippen molar-refractivity contribution in [1.29, 1.82) is 0 Å². The summed E-state index contributed by atoms with van der Waals surface area (Å²) in [5.74, 6) is 1.13. The molecule has 1 amide bonds. The van der Waals surface area contributed by atoms with Gasteiger partial charge in [-0.1, -0.05) is 25.1 Å². The van der Waals surface area contributed by atoms with Crippen molar-refractivity contribution >= 4 is 17.5 Å². The third-order valence-electron chi connectivity index (χ3n) is 4.56. The fourth-order valence-electron chi connectivity index (χ4n) is 3.16. The maximum absolute atomic E-state index is 12.0. The molecule has 2 heterocycles. The average molecular weight is 324 g/mol. The van der Waals surface area contributed by atoms with Crippen molar-refractivity contribution in [2.75, 3.05) is 18.4 Å². The second-order valence-electron chi connectivity index (χ2n) is 6.28. The summed E-state index contributed by atoms with van der Waals surface area (Å²) < 4.78 is 0. The molecule has 0 bridgehead atoms. The van der Waals surface area contributed by atoms with Crippen molar-refractivity contribution in [1.82, 2.24) is 14.9 Å². The van der Waals surface area contributed by atoms with Gasteiger partial charge in [0.25, 0.3) is 0 Å². The first kappa shape index (κ1) is 16.4. The Morgan fingerprint density at radius 2 is 2.17 bits per heavy atom. The lowest BCUT2D eigenvalue weighted by Gasteiger charge is -2.32. The van der Waals surface area contributed by atoms with E-state index in [0.717, 1.165) is 42.9 Å². The van der Waals surface area contributed by atoms with Crippen LogP contribution in [0.5, 0.6) is 0 Å². The number of para-hydroxylation sites is 1. The number of likely N-dealkylation sites (tertiary alicyclic amines) is 1. The van der Waals surface area contributed by atoms with E-state index < -0.39 is 0 Å². The molecule has 1 N–H and O–H groups in total. The Morgan fingerprint density at radius 1 is 1.33 bits per heavy atom. The van der Waals surface area contributed by atoms with E-state index in [1.54, 1.807) is 6.20 Å². The summed E-state index contributed by atoms with van der Waals surface area (Å²) in [4.78, 5) is 23.0. The van der Waals surface area contributed by atoms with Crippen LogP contribution in [0.2, 0.25) is 0 Å². The van der Waals surface area contributed by atoms with E-state index in [1.807, 2.05) is 36.1 Å². The topological polar surface area (TPSA) is 58.1 Å². The van der Waals surface area contributed by atoms with Crippen LogP contribution in [-0.2, 0) is 4.79 Å². The zero-order valence-corrected chi connectivity index (χ0v) is 14.3. The van der Waals surface area contributed by atoms with Gasteiger partial charge in [0.1, 0.15) is 0 Å². The van der Waals surface area contributed by atoms with Crippen LogP contribution in [0.1, 0.15) is 43.4 Å². The average Bonchev–Trinajstić information content (AvgIpc) is 2.63. The molecule has 1 saturated heterocycles. The molecule has 0 spiro atoms. The van der Waals surface area contributed by atoms with Gasteiger partial charge >= 0.3 is 0 Å². The lowest BCUT2D eigenvalue weighted by atomic mass is 9.94. The van der Waals surface area contributed by atoms with E-state index in [0.29, 0.717) is 12.4 Å². The van der Waals surface area contributed by atoms with E-state index in [2.05, 4.69) is 23.3 Å². The molecule has 0 unspecified atom stereocenters. The molecule has 0 radical (unpaired) electrons. The molecular weight excluding hydrogens is 300 g/mol. The van der Waals surface area contributed by atoms with Gasteiger partial charge in [-0.05, 0) is 37.5 Å². The highest BCUT2D eigenvalue weighted by Gasteiger charge is 2.25. The Balaban J connectivity index is 1.75. The van der Waals surface area contributed by atoms with E-state index in [4.69, 9.17) is 4.98 Å². The van der Waals surface area contributed by atoms with Crippen molar-refractivity contribution in [2.45, 2.75) is 39.0 Å². The molecule has 126 valence electrons. The molecular formula is C19H24N4O. The van der Waals surface area contributed by atoms with E-state index >= 15 is 0 Å². The van der Waals surface area contributed by atoms with Gasteiger partial charge in [0, 0.05) is 37.3 Å². The van der Waals surface area contributed by atoms with Gasteiger partial charge in [0.05, 0.1) is 5.69 Å². The van der Waals surface area contributed by atoms with Gasteiger partial charge in [-0.3, -0.25) is 4.79 Å². The van der Waals surface area contributed by atoms with Crippen LogP contribution in [0.4, 0.5) is 11.6 Å². The van der Waals surface area contributed by atoms with Gasteiger partial charge in [-0.25, -0.2) is 9.97 Å². The number of rotatable bonds is 4. The van der Waals surface area contributed by atoms with Crippen molar-refractivity contribution in [3.63, 3.8) is 0 Å². The van der Waals surface area contributed by atoms with Gasteiger partial charge in [0.15, 0.2) is 0 Å². The molecule has 1 aromatic carbocycles. The highest BCUT2D eigenvalue weighted by Crippen LogP contribution is 2.27. The molecule has 3 rings (SSSR count). The predicted octanol–water partition coefficient (Wildman–Crippen LogP) is 3.64. The van der Waals surface area contributed by atoms with Crippen LogP contribution in [0.15, 0.2) is 36.5 Å². The molecule has 5 nitrogen and oxygen atoms in total. The largest absolute Gasteiger partial charge is 0.342 e. The third kappa shape index (κ3) is 3.72. The number of hydrogen-bond acceptors (Lipinski definition) is 4. The van der Waals surface area contributed by atoms with Crippen LogP contribution in [0.25, 0.3) is 0 Å². The Labute approximate surface area is 143 Å². The molecule has 1 aliphatic heterocycles. The lowest BCUT2D eigenvalue weighted by molar-refractivity contribution is -0.132. The van der Waals surface area contributed by atoms with Crippen molar-refractivity contribution < 1.29 is 4.79 Å². The van der Waals surface area contributed by atoms with Gasteiger partial charge in [0.2, 0.25) is 11.9 Å². The minimum Gasteiger partial charge on any atom is -0.342 e. The number of piperidine rings is 1. The molecule has 1 fully saturated rings. The zero-order valence-electron chi connectivity index (χ0n) is 14.3. The number of aromatic nitrogens is 2. The second-order valence-corrected chi connectivity index (χ2v) is 6.28. The van der Waals surface area contributed by atoms with E-state index in [1.165, 1.54) is 0 Å². The van der Waals surface area contributed by atoms with Gasteiger partial charge < -0.3 is 10.2 Å². The number of carbonyl (C=O) groups is 1. The van der Waals surface area contributed by atoms with Crippen LogP contribution < -0.4 is 5.32 Å². The number of aryl methyl sites for hydroxylation is 1. The second kappa shape index (κ2) is 7.43. The molecule has 24 heavy (non-hydrogen) atoms. The maximum atomic E-state index is 12.0. The molecule has 5 heteroatoms. The first-order valence-corrected chi connectivity index (χ1v) is 8.60. The molecule has 1 aromatic heterocycles. The maximum Gasteiger partial charge on any atom is 0.227 e. The van der Waals surface area contributed by atoms with Crippen molar-refractivity contribution in [3.05, 3.63) is 47.8 Å². The Bertz CT molecular complexity index is 716. The van der Waals surface area contributed by atoms with E-state index in [9.17, 15) is 4.79 Å². The van der Waals surface area contributed by atoms with Gasteiger partial charge in [-0.2, -0.15) is 0 Å². The summed E-state index contributed by atoms with van der Waals surface area (Å²) in [5.41, 5.74) is 3.18. The van der Waals surface area contributed by atoms with Crippen LogP contribution in [0, 0.1) is 6.92 Å². The van der Waals surface area contributed by atoms with Crippen LogP contribution in [0.3, 0.4) is 0 Å². The number of nitrogens with one attached hydrogen (secondary N) is 1. The van der Waals surface area contributed by atoms with Crippen molar-refractivity contribution in [3.8, 4) is 0 Å². The van der Waals surface area contributed by atoms with Crippen molar-refractivity contribution in [2.24, 2.45) is 0 Å². The third-order valence-corrected chi connectivity index (χ3v) is 4.56. The summed E-state index contributed by atoms with van der Waals surface area (Å²) >= 11 is 0. The summed E-state index contributed by atoms with van der Waals surface area (Å²) in [5, 5.41) is 3.29. The number of nitrogens with zero attached hydrogens (tertiary/aromatic N) is 3. The Kier molecular flexibility index (Phi) is 5.08. The van der Waals surface area contributed by atoms with Gasteiger partial charge in [-0.15, -0.1) is 0 Å². The fraction of sp³-hybridized carbons (Fsp3) is 0.421. The highest BCUT2D eigenvalue weighted by molar-refractivity contribution is 5.76. The van der Waals surface area contributed by atoms with E-state index in [-0.39, 0.29) is 11.8 Å². The lowest BCUT2D eigenvalue weighted by Crippen LogP contribution is -2.38. The first-order chi connectivity index (χ1) is 11.7. The monoisotopic (exact) mass is 324 g/mol. The molecule has 1 aliphatic rings. The fourth-order valence-corrected chi connectivity index (χ4v) is 3.16. The Morgan fingerprint density at radius 3 is 2.96 bits per heavy atom. The number of anilines is 2. The standard InChI is InChI=1S/C19H24N4O/c1-3-18(24)23-12-6-8-15(13-23)17-10-11-20-19(22-17)21-16-9-5-4-7-14(16)2/h4-5,7,9-11,15H,3,6,8,12-13H2,1-2H3,(H,20,21,22)/t15-/m0/s1. The molecule has 0 saturated carbocycles. The first-order valence-electron chi connectivity index (χ1n) is 8.60. The minimum atomic E-state index is 0.229. The highest BCUT2D eigenvalue weighted by atomic mass is 16.2. The number of amides is 1. The molecule has 0 aliphatic carbocycles. The SMILES string of the molecule is CCC(=O)N1CCC[C@H](c2ccnc(Nc3ccccc3C)n2)C1. The molecule has 1 atom stereocenters. The smallest absolute Gasteiger partial charge is 0.227 e. The Hall–Kier alpha value is -2.43. The summed E-state index contributed by atoms with van der Waals surface area (Å²) in [7, 11) is 0. The summed E-state index contributed by atoms with van der Waals surface area (Å²) in [6.07, 6.45) is 4.45. The summed E-state index contributed by atoms with van der Waals surface area (Å²) in [6.45, 7) is 5.60. The number of hydrogen-bond donors (Lipinski definition) is 1. The van der Waals surface area contributed by atoms with Crippen LogP contribution in [-0.4, -0.2) is 33.9 Å². The molecule has 2 aromatic rings. The number of carbonyl (C=O) groups excluding carboxylic acids is 1. The quantitative estimate of drug-likeness (QED) is 0.933. The zero-order chi connectivity index (χ0) is 16.9. The number of benzene rings is 1. The predicted molar refractivity (Wildman–Crippen MR) is 95.3 cm³/mol. The van der Waals surface area contributed by atoms with Crippen LogP contribution >= 0.6 is 0 Å². The normalized spacial score (nSPS) is 17.6.